The van der Waals surface area contributed by atoms with Crippen LogP contribution < -0.4 is 9.47 Å². The highest BCUT2D eigenvalue weighted by atomic mass is 16.6. The summed E-state index contributed by atoms with van der Waals surface area (Å²) in [7, 11) is 1.55. The molecule has 1 aliphatic heterocycles. The number of carbonyl (C=O) groups is 2. The summed E-state index contributed by atoms with van der Waals surface area (Å²) in [5.41, 5.74) is 1.16. The van der Waals surface area contributed by atoms with Gasteiger partial charge in [-0.2, -0.15) is 5.01 Å². The number of hydrazone groups is 1. The average Bonchev–Trinajstić information content (AvgIpc) is 3.18. The van der Waals surface area contributed by atoms with Crippen molar-refractivity contribution in [2.24, 2.45) is 5.10 Å². The van der Waals surface area contributed by atoms with Crippen molar-refractivity contribution in [1.82, 2.24) is 5.01 Å². The van der Waals surface area contributed by atoms with Crippen molar-refractivity contribution in [2.45, 2.75) is 20.1 Å². The van der Waals surface area contributed by atoms with E-state index in [1.54, 1.807) is 25.3 Å². The number of fused-ring (bicyclic) bond motifs is 1. The smallest absolute Gasteiger partial charge is 0.308 e. The lowest BCUT2D eigenvalue weighted by Gasteiger charge is -2.23. The number of benzene rings is 3. The van der Waals surface area contributed by atoms with Gasteiger partial charge in [-0.25, -0.2) is 0 Å². The fraction of sp³-hybridized carbons (Fsp3) is 0.174. The van der Waals surface area contributed by atoms with Gasteiger partial charge < -0.3 is 14.2 Å². The number of ether oxygens (including phenoxy) is 3. The van der Waals surface area contributed by atoms with Crippen LogP contribution in [0.3, 0.4) is 0 Å². The summed E-state index contributed by atoms with van der Waals surface area (Å²) in [5.74, 6) is 0.346. The minimum Gasteiger partial charge on any atom is -0.496 e. The first-order valence-corrected chi connectivity index (χ1v) is 9.38. The molecule has 4 rings (SSSR count). The lowest BCUT2D eigenvalue weighted by molar-refractivity contribution is -0.135. The normalized spacial score (nSPS) is 15.5. The number of hydrogen-bond donors (Lipinski definition) is 0. The third-order valence-corrected chi connectivity index (χ3v) is 4.74. The van der Waals surface area contributed by atoms with Crippen LogP contribution >= 0.6 is 0 Å². The highest BCUT2D eigenvalue weighted by Crippen LogP contribution is 2.41. The topological polar surface area (TPSA) is 77.4 Å². The third kappa shape index (κ3) is 3.45. The Labute approximate surface area is 173 Å². The maximum atomic E-state index is 12.4. The summed E-state index contributed by atoms with van der Waals surface area (Å²) >= 11 is 0. The van der Waals surface area contributed by atoms with Crippen LogP contribution in [-0.4, -0.2) is 29.9 Å². The monoisotopic (exact) mass is 404 g/mol. The van der Waals surface area contributed by atoms with Crippen molar-refractivity contribution in [3.8, 4) is 11.5 Å². The van der Waals surface area contributed by atoms with Gasteiger partial charge in [-0.05, 0) is 29.0 Å². The Balaban J connectivity index is 1.87. The molecule has 1 amide bonds. The van der Waals surface area contributed by atoms with E-state index in [9.17, 15) is 9.59 Å². The molecule has 30 heavy (non-hydrogen) atoms. The van der Waals surface area contributed by atoms with E-state index in [0.717, 1.165) is 10.8 Å². The summed E-state index contributed by atoms with van der Waals surface area (Å²) in [6.07, 6.45) is -0.900. The minimum atomic E-state index is -0.900. The van der Waals surface area contributed by atoms with Gasteiger partial charge in [0.15, 0.2) is 0 Å². The molecule has 1 heterocycles. The molecule has 0 aromatic heterocycles. The maximum absolute atomic E-state index is 12.4. The van der Waals surface area contributed by atoms with Gasteiger partial charge >= 0.3 is 5.97 Å². The Morgan fingerprint density at radius 1 is 0.967 bits per heavy atom. The molecule has 0 saturated heterocycles. The third-order valence-electron chi connectivity index (χ3n) is 4.74. The van der Waals surface area contributed by atoms with Gasteiger partial charge in [0.25, 0.3) is 0 Å². The van der Waals surface area contributed by atoms with E-state index in [4.69, 9.17) is 14.2 Å². The molecule has 1 unspecified atom stereocenters. The van der Waals surface area contributed by atoms with E-state index in [0.29, 0.717) is 22.6 Å². The predicted octanol–water partition coefficient (Wildman–Crippen LogP) is 4.01. The van der Waals surface area contributed by atoms with E-state index in [-0.39, 0.29) is 11.8 Å². The largest absolute Gasteiger partial charge is 0.496 e. The molecule has 1 atom stereocenters. The van der Waals surface area contributed by atoms with Crippen LogP contribution in [-0.2, 0) is 14.3 Å². The Morgan fingerprint density at radius 2 is 1.70 bits per heavy atom. The Morgan fingerprint density at radius 3 is 2.43 bits per heavy atom. The molecule has 0 radical (unpaired) electrons. The fourth-order valence-corrected chi connectivity index (χ4v) is 3.46. The van der Waals surface area contributed by atoms with Crippen LogP contribution in [0.1, 0.15) is 31.2 Å². The van der Waals surface area contributed by atoms with Gasteiger partial charge in [0.1, 0.15) is 11.5 Å². The van der Waals surface area contributed by atoms with Crippen molar-refractivity contribution < 1.29 is 23.8 Å². The second-order valence-electron chi connectivity index (χ2n) is 6.73. The van der Waals surface area contributed by atoms with E-state index in [2.05, 4.69) is 5.10 Å². The molecule has 7 heteroatoms. The Bertz CT molecular complexity index is 1170. The first-order chi connectivity index (χ1) is 14.5. The zero-order valence-electron chi connectivity index (χ0n) is 16.8. The first-order valence-electron chi connectivity index (χ1n) is 9.38. The highest BCUT2D eigenvalue weighted by molar-refractivity contribution is 5.99. The SMILES string of the molecule is COc1ccccc1C1=NN(C(C)=O)C(c2c(OC(C)=O)ccc3ccccc23)O1. The van der Waals surface area contributed by atoms with Crippen LogP contribution in [0.25, 0.3) is 10.8 Å². The summed E-state index contributed by atoms with van der Waals surface area (Å²) < 4.78 is 17.0. The lowest BCUT2D eigenvalue weighted by atomic mass is 10.0. The number of esters is 1. The number of methoxy groups -OCH3 is 1. The lowest BCUT2D eigenvalue weighted by Crippen LogP contribution is -2.26. The van der Waals surface area contributed by atoms with Crippen molar-refractivity contribution in [3.63, 3.8) is 0 Å². The van der Waals surface area contributed by atoms with Crippen LogP contribution in [0.15, 0.2) is 65.8 Å². The Hall–Kier alpha value is -3.87. The molecule has 152 valence electrons. The Kier molecular flexibility index (Phi) is 5.10. The van der Waals surface area contributed by atoms with Gasteiger partial charge in [0.05, 0.1) is 18.2 Å². The molecule has 0 bridgehead atoms. The maximum Gasteiger partial charge on any atom is 0.308 e. The number of amides is 1. The van der Waals surface area contributed by atoms with Crippen molar-refractivity contribution in [2.75, 3.05) is 7.11 Å². The van der Waals surface area contributed by atoms with E-state index >= 15 is 0 Å². The standard InChI is InChI=1S/C23H20N2O5/c1-14(26)25-23(30-22(24-25)18-10-6-7-11-19(18)28-3)21-17-9-5-4-8-16(17)12-13-20(21)29-15(2)27/h4-13,23H,1-3H3. The number of hydrogen-bond acceptors (Lipinski definition) is 6. The molecule has 0 aliphatic carbocycles. The minimum absolute atomic E-state index is 0.245. The van der Waals surface area contributed by atoms with Crippen molar-refractivity contribution >= 4 is 28.5 Å². The van der Waals surface area contributed by atoms with Gasteiger partial charge in [0, 0.05) is 13.8 Å². The second kappa shape index (κ2) is 7.87. The molecule has 0 N–H and O–H groups in total. The number of nitrogens with zero attached hydrogens (tertiary/aromatic N) is 2. The quantitative estimate of drug-likeness (QED) is 0.485. The van der Waals surface area contributed by atoms with Crippen LogP contribution in [0.5, 0.6) is 11.5 Å². The van der Waals surface area contributed by atoms with Crippen LogP contribution in [0.2, 0.25) is 0 Å². The highest BCUT2D eigenvalue weighted by Gasteiger charge is 2.37. The fourth-order valence-electron chi connectivity index (χ4n) is 3.46. The zero-order valence-corrected chi connectivity index (χ0v) is 16.8. The molecule has 0 fully saturated rings. The van der Waals surface area contributed by atoms with Gasteiger partial charge in [-0.1, -0.05) is 42.5 Å². The van der Waals surface area contributed by atoms with Crippen LogP contribution in [0, 0.1) is 0 Å². The van der Waals surface area contributed by atoms with Gasteiger partial charge in [-0.15, -0.1) is 5.10 Å². The second-order valence-corrected chi connectivity index (χ2v) is 6.73. The van der Waals surface area contributed by atoms with Crippen molar-refractivity contribution in [1.29, 1.82) is 0 Å². The number of para-hydroxylation sites is 1. The number of rotatable bonds is 4. The predicted molar refractivity (Wildman–Crippen MR) is 111 cm³/mol. The number of carbonyl (C=O) groups excluding carboxylic acids is 2. The summed E-state index contributed by atoms with van der Waals surface area (Å²) in [6.45, 7) is 2.73. The van der Waals surface area contributed by atoms with E-state index in [1.807, 2.05) is 42.5 Å². The summed E-state index contributed by atoms with van der Waals surface area (Å²) in [6, 6.07) is 18.4. The molecule has 7 nitrogen and oxygen atoms in total. The van der Waals surface area contributed by atoms with Gasteiger partial charge in [-0.3, -0.25) is 9.59 Å². The molecular formula is C23H20N2O5. The summed E-state index contributed by atoms with van der Waals surface area (Å²) in [4.78, 5) is 24.1. The first kappa shape index (κ1) is 19.4. The van der Waals surface area contributed by atoms with Gasteiger partial charge in [0.2, 0.25) is 18.0 Å². The van der Waals surface area contributed by atoms with E-state index < -0.39 is 12.2 Å². The molecular weight excluding hydrogens is 384 g/mol. The van der Waals surface area contributed by atoms with E-state index in [1.165, 1.54) is 18.9 Å². The molecule has 1 aliphatic rings. The zero-order chi connectivity index (χ0) is 21.3. The molecule has 3 aromatic carbocycles. The van der Waals surface area contributed by atoms with Crippen molar-refractivity contribution in [3.05, 3.63) is 71.8 Å². The van der Waals surface area contributed by atoms with Crippen LogP contribution in [0.4, 0.5) is 0 Å². The molecule has 0 spiro atoms. The average molecular weight is 404 g/mol. The molecule has 0 saturated carbocycles. The summed E-state index contributed by atoms with van der Waals surface area (Å²) in [5, 5.41) is 7.37. The molecule has 3 aromatic rings.